The lowest BCUT2D eigenvalue weighted by molar-refractivity contribution is -0.150. The predicted octanol–water partition coefficient (Wildman–Crippen LogP) is -4.51. The van der Waals surface area contributed by atoms with E-state index in [-0.39, 0.29) is 31.7 Å². The summed E-state index contributed by atoms with van der Waals surface area (Å²) in [6.45, 7) is 9.12. The first-order valence-electron chi connectivity index (χ1n) is 24.1. The summed E-state index contributed by atoms with van der Waals surface area (Å²) in [7, 11) is 0. The number of aliphatic carboxylic acids is 2. The maximum absolute atomic E-state index is 14.1. The van der Waals surface area contributed by atoms with Crippen LogP contribution in [0.2, 0.25) is 0 Å². The van der Waals surface area contributed by atoms with Crippen molar-refractivity contribution in [3.63, 3.8) is 0 Å². The van der Waals surface area contributed by atoms with E-state index in [2.05, 4.69) is 37.2 Å². The van der Waals surface area contributed by atoms with Crippen molar-refractivity contribution >= 4 is 71.0 Å². The van der Waals surface area contributed by atoms with Gasteiger partial charge in [0.15, 0.2) is 0 Å². The van der Waals surface area contributed by atoms with Gasteiger partial charge in [0.2, 0.25) is 59.1 Å². The summed E-state index contributed by atoms with van der Waals surface area (Å²) in [5.74, 6) is -13.6. The molecule has 17 N–H and O–H groups in total. The van der Waals surface area contributed by atoms with E-state index in [4.69, 9.17) is 17.2 Å². The highest BCUT2D eigenvalue weighted by atomic mass is 16.4. The fourth-order valence-electron chi connectivity index (χ4n) is 7.72. The Hall–Kier alpha value is -7.26. The highest BCUT2D eigenvalue weighted by molar-refractivity contribution is 5.99. The predicted molar refractivity (Wildman–Crippen MR) is 261 cm³/mol. The van der Waals surface area contributed by atoms with Gasteiger partial charge in [0, 0.05) is 25.8 Å². The molecule has 0 aromatic heterocycles. The number of carboxylic acid groups (broad SMARTS) is 2. The van der Waals surface area contributed by atoms with Crippen LogP contribution in [-0.2, 0) is 64.0 Å². The Morgan fingerprint density at radius 2 is 1.08 bits per heavy atom. The molecule has 1 aromatic carbocycles. The molecule has 27 nitrogen and oxygen atoms in total. The minimum Gasteiger partial charge on any atom is -0.481 e. The first kappa shape index (κ1) is 62.9. The average molecular weight is 1050 g/mol. The number of nitrogens with two attached hydrogens (primary N) is 3. The number of carbonyl (C=O) groups is 12. The number of likely N-dealkylation sites (tertiary alicyclic amines) is 1. The third-order valence-electron chi connectivity index (χ3n) is 11.8. The number of amides is 10. The van der Waals surface area contributed by atoms with Gasteiger partial charge in [-0.25, -0.2) is 4.79 Å². The summed E-state index contributed by atoms with van der Waals surface area (Å²) < 4.78 is 0. The van der Waals surface area contributed by atoms with E-state index in [0.717, 1.165) is 6.92 Å². The standard InChI is InChI=1S/C47H73N11O16/c1-22(2)19-29(43(69)56-37(23(3)4)46(72)58-18-10-13-32(58)47(73)74)53-42(68)31(21-34(49)62)55-45(71)38(25(6)60)57-40(66)27(14-16-33(48)61)51-41(67)30(20-26-11-8-7-9-12-26)54-39(65)28(15-17-35(63)64)52-44(70)36(50)24(5)59/h7-9,11-12,22-25,27-32,36-38,59-60H,10,13-21,50H2,1-6H3,(H2,48,61)(H2,49,62)(H,51,67)(H,52,70)(H,53,68)(H,54,65)(H,55,71)(H,56,69)(H,57,66)(H,63,64)(H,73,74)/t24-,25-,27+,28+,29+,30+,31+,32+,36+,37+,38+/m1/s1. The van der Waals surface area contributed by atoms with Crippen molar-refractivity contribution < 1.29 is 78.0 Å². The van der Waals surface area contributed by atoms with Crippen LogP contribution < -0.4 is 54.4 Å². The van der Waals surface area contributed by atoms with E-state index < -0.39 is 176 Å². The first-order valence-corrected chi connectivity index (χ1v) is 24.1. The molecular formula is C47H73N11O16. The van der Waals surface area contributed by atoms with Crippen molar-refractivity contribution in [1.29, 1.82) is 0 Å². The summed E-state index contributed by atoms with van der Waals surface area (Å²) in [5, 5.41) is 56.3. The van der Waals surface area contributed by atoms with E-state index in [0.29, 0.717) is 12.0 Å². The van der Waals surface area contributed by atoms with Crippen LogP contribution in [0.5, 0.6) is 0 Å². The molecule has 11 atom stereocenters. The number of nitrogens with zero attached hydrogens (tertiary/aromatic N) is 1. The van der Waals surface area contributed by atoms with Crippen molar-refractivity contribution in [1.82, 2.24) is 42.1 Å². The molecule has 1 saturated heterocycles. The van der Waals surface area contributed by atoms with Gasteiger partial charge in [-0.3, -0.25) is 52.7 Å². The molecule has 74 heavy (non-hydrogen) atoms. The molecule has 0 spiro atoms. The number of nitrogens with one attached hydrogen (secondary N) is 7. The number of aliphatic hydroxyl groups is 2. The number of hydrogen-bond acceptors (Lipinski definition) is 15. The molecule has 2 rings (SSSR count). The lowest BCUT2D eigenvalue weighted by atomic mass is 9.98. The van der Waals surface area contributed by atoms with Gasteiger partial charge in [-0.2, -0.15) is 0 Å². The van der Waals surface area contributed by atoms with E-state index in [1.54, 1.807) is 58.0 Å². The van der Waals surface area contributed by atoms with Crippen LogP contribution >= 0.6 is 0 Å². The molecule has 1 aliphatic rings. The molecule has 0 radical (unpaired) electrons. The van der Waals surface area contributed by atoms with Gasteiger partial charge in [-0.05, 0) is 63.4 Å². The van der Waals surface area contributed by atoms with Crippen molar-refractivity contribution in [2.75, 3.05) is 6.54 Å². The van der Waals surface area contributed by atoms with E-state index in [9.17, 15) is 78.0 Å². The topological polar surface area (TPSA) is 451 Å². The maximum atomic E-state index is 14.1. The van der Waals surface area contributed by atoms with Crippen LogP contribution in [0, 0.1) is 11.8 Å². The van der Waals surface area contributed by atoms with Crippen molar-refractivity contribution in [3.05, 3.63) is 35.9 Å². The van der Waals surface area contributed by atoms with Gasteiger partial charge >= 0.3 is 11.9 Å². The molecule has 27 heteroatoms. The molecule has 0 aliphatic carbocycles. The Morgan fingerprint density at radius 1 is 0.595 bits per heavy atom. The minimum atomic E-state index is -1.96. The van der Waals surface area contributed by atoms with E-state index >= 15 is 0 Å². The first-order chi connectivity index (χ1) is 34.5. The number of primary amides is 2. The number of hydrogen-bond donors (Lipinski definition) is 14. The quantitative estimate of drug-likeness (QED) is 0.0333. The Bertz CT molecular complexity index is 2180. The Morgan fingerprint density at radius 3 is 1.59 bits per heavy atom. The average Bonchev–Trinajstić information content (AvgIpc) is 3.81. The van der Waals surface area contributed by atoms with Crippen molar-refractivity contribution in [3.8, 4) is 0 Å². The lowest BCUT2D eigenvalue weighted by Crippen LogP contribution is -2.62. The van der Waals surface area contributed by atoms with Crippen molar-refractivity contribution in [2.24, 2.45) is 29.0 Å². The Labute approximate surface area is 427 Å². The van der Waals surface area contributed by atoms with Gasteiger partial charge < -0.3 is 79.7 Å². The second-order valence-corrected chi connectivity index (χ2v) is 19.0. The van der Waals surface area contributed by atoms with Crippen LogP contribution in [0.3, 0.4) is 0 Å². The number of benzene rings is 1. The molecule has 412 valence electrons. The highest BCUT2D eigenvalue weighted by Crippen LogP contribution is 2.21. The summed E-state index contributed by atoms with van der Waals surface area (Å²) >= 11 is 0. The fraction of sp³-hybridized carbons (Fsp3) is 0.617. The van der Waals surface area contributed by atoms with Crippen LogP contribution in [0.25, 0.3) is 0 Å². The molecule has 1 aliphatic heterocycles. The van der Waals surface area contributed by atoms with Crippen LogP contribution in [0.4, 0.5) is 0 Å². The Kier molecular flexibility index (Phi) is 25.5. The van der Waals surface area contributed by atoms with Gasteiger partial charge in [0.05, 0.1) is 18.6 Å². The van der Waals surface area contributed by atoms with Gasteiger partial charge in [-0.1, -0.05) is 58.0 Å². The molecule has 1 aromatic rings. The van der Waals surface area contributed by atoms with Crippen LogP contribution in [-0.4, -0.2) is 169 Å². The summed E-state index contributed by atoms with van der Waals surface area (Å²) in [6, 6.07) is -5.88. The zero-order chi connectivity index (χ0) is 56.1. The molecule has 0 unspecified atom stereocenters. The minimum absolute atomic E-state index is 0.0313. The number of aliphatic hydroxyl groups excluding tert-OH is 2. The maximum Gasteiger partial charge on any atom is 0.326 e. The third-order valence-corrected chi connectivity index (χ3v) is 11.8. The SMILES string of the molecule is CC(C)C[C@H](NC(=O)[C@H](CC(N)=O)NC(=O)[C@@H](NC(=O)[C@H](CCC(N)=O)NC(=O)[C@H](Cc1ccccc1)NC(=O)[C@H](CCC(=O)O)NC(=O)[C@@H](N)[C@@H](C)O)[C@@H](C)O)C(=O)N[C@H](C(=O)N1CCC[C@H]1C(=O)O)C(C)C. The van der Waals surface area contributed by atoms with Crippen molar-refractivity contribution in [2.45, 2.75) is 166 Å². The molecule has 10 amide bonds. The largest absolute Gasteiger partial charge is 0.481 e. The summed E-state index contributed by atoms with van der Waals surface area (Å²) in [4.78, 5) is 158. The zero-order valence-corrected chi connectivity index (χ0v) is 42.3. The zero-order valence-electron chi connectivity index (χ0n) is 42.3. The molecule has 1 fully saturated rings. The second kappa shape index (κ2) is 30.1. The molecule has 0 saturated carbocycles. The van der Waals surface area contributed by atoms with E-state index in [1.165, 1.54) is 11.8 Å². The smallest absolute Gasteiger partial charge is 0.326 e. The Balaban J connectivity index is 2.43. The van der Waals surface area contributed by atoms with Gasteiger partial charge in [-0.15, -0.1) is 0 Å². The number of carboxylic acids is 2. The monoisotopic (exact) mass is 1050 g/mol. The third kappa shape index (κ3) is 20.7. The number of rotatable bonds is 31. The van der Waals surface area contributed by atoms with Gasteiger partial charge in [0.25, 0.3) is 0 Å². The fourth-order valence-corrected chi connectivity index (χ4v) is 7.72. The highest BCUT2D eigenvalue weighted by Gasteiger charge is 2.41. The van der Waals surface area contributed by atoms with Gasteiger partial charge in [0.1, 0.15) is 54.4 Å². The molecule has 0 bridgehead atoms. The second-order valence-electron chi connectivity index (χ2n) is 19.0. The van der Waals surface area contributed by atoms with E-state index in [1.807, 2.05) is 0 Å². The summed E-state index contributed by atoms with van der Waals surface area (Å²) in [6.07, 6.45) is -5.83. The molecule has 1 heterocycles. The van der Waals surface area contributed by atoms with Crippen LogP contribution in [0.15, 0.2) is 30.3 Å². The number of carbonyl (C=O) groups excluding carboxylic acids is 10. The normalized spacial score (nSPS) is 17.3. The lowest BCUT2D eigenvalue weighted by Gasteiger charge is -2.31. The molecular weight excluding hydrogens is 975 g/mol. The summed E-state index contributed by atoms with van der Waals surface area (Å²) in [5.41, 5.74) is 17.0. The van der Waals surface area contributed by atoms with Crippen LogP contribution in [0.1, 0.15) is 98.5 Å².